The molecule has 3 aromatic heterocycles. The van der Waals surface area contributed by atoms with Gasteiger partial charge >= 0.3 is 0 Å². The number of aromatic nitrogens is 5. The monoisotopic (exact) mass is 444 g/mol. The van der Waals surface area contributed by atoms with Gasteiger partial charge in [0.2, 0.25) is 0 Å². The molecule has 5 aromatic rings. The van der Waals surface area contributed by atoms with Crippen LogP contribution in [0.3, 0.4) is 0 Å². The molecule has 8 heteroatoms. The van der Waals surface area contributed by atoms with E-state index in [2.05, 4.69) is 25.3 Å². The van der Waals surface area contributed by atoms with Crippen LogP contribution in [0.4, 0.5) is 14.6 Å². The molecule has 0 amide bonds. The molecule has 3 heterocycles. The number of anilines is 1. The lowest BCUT2D eigenvalue weighted by Crippen LogP contribution is -2.13. The Balaban J connectivity index is 1.32. The maximum atomic E-state index is 14.5. The van der Waals surface area contributed by atoms with Crippen LogP contribution in [0, 0.1) is 25.5 Å². The van der Waals surface area contributed by atoms with E-state index in [1.54, 1.807) is 17.8 Å². The smallest absolute Gasteiger partial charge is 0.183 e. The van der Waals surface area contributed by atoms with Gasteiger partial charge in [-0.2, -0.15) is 0 Å². The van der Waals surface area contributed by atoms with Crippen molar-refractivity contribution >= 4 is 16.7 Å². The number of hydrogen-bond donors (Lipinski definition) is 2. The average molecular weight is 444 g/mol. The predicted octanol–water partition coefficient (Wildman–Crippen LogP) is 5.50. The molecule has 0 spiro atoms. The number of nitrogens with one attached hydrogen (secondary N) is 2. The Labute approximate surface area is 189 Å². The number of benzene rings is 2. The summed E-state index contributed by atoms with van der Waals surface area (Å²) in [6.45, 7) is 4.64. The first-order valence-corrected chi connectivity index (χ1v) is 10.6. The van der Waals surface area contributed by atoms with Gasteiger partial charge in [-0.15, -0.1) is 0 Å². The van der Waals surface area contributed by atoms with Crippen LogP contribution in [0.5, 0.6) is 0 Å². The molecule has 0 saturated heterocycles. The summed E-state index contributed by atoms with van der Waals surface area (Å²) < 4.78 is 30.3. The van der Waals surface area contributed by atoms with Crippen molar-refractivity contribution in [3.05, 3.63) is 84.2 Å². The second-order valence-corrected chi connectivity index (χ2v) is 7.94. The zero-order chi connectivity index (χ0) is 22.9. The Morgan fingerprint density at radius 3 is 2.42 bits per heavy atom. The van der Waals surface area contributed by atoms with E-state index >= 15 is 0 Å². The molecule has 0 unspecified atom stereocenters. The van der Waals surface area contributed by atoms with Gasteiger partial charge in [-0.05, 0) is 31.5 Å². The largest absolute Gasteiger partial charge is 0.368 e. The second-order valence-electron chi connectivity index (χ2n) is 7.94. The van der Waals surface area contributed by atoms with Crippen molar-refractivity contribution in [3.63, 3.8) is 0 Å². The third-order valence-corrected chi connectivity index (χ3v) is 5.77. The lowest BCUT2D eigenvalue weighted by Gasteiger charge is -2.12. The van der Waals surface area contributed by atoms with E-state index in [1.165, 1.54) is 12.4 Å². The van der Waals surface area contributed by atoms with Crippen LogP contribution in [0.25, 0.3) is 33.4 Å². The fraction of sp³-hybridized carbons (Fsp3) is 0.160. The first-order valence-electron chi connectivity index (χ1n) is 10.6. The molecule has 5 rings (SSSR count). The number of aryl methyl sites for hydroxylation is 2. The Kier molecular flexibility index (Phi) is 5.34. The number of nitrogens with zero attached hydrogens (tertiary/aromatic N) is 4. The number of aromatic amines is 1. The zero-order valence-corrected chi connectivity index (χ0v) is 18.2. The Bertz CT molecular complexity index is 1420. The van der Waals surface area contributed by atoms with Gasteiger partial charge in [-0.25, -0.2) is 23.7 Å². The van der Waals surface area contributed by atoms with E-state index in [4.69, 9.17) is 0 Å². The van der Waals surface area contributed by atoms with Crippen LogP contribution >= 0.6 is 0 Å². The van der Waals surface area contributed by atoms with Crippen LogP contribution in [-0.2, 0) is 6.54 Å². The Hall–Kier alpha value is -4.07. The molecule has 0 radical (unpaired) electrons. The lowest BCUT2D eigenvalue weighted by molar-refractivity contribution is 0.510. The van der Waals surface area contributed by atoms with E-state index in [0.717, 1.165) is 39.2 Å². The van der Waals surface area contributed by atoms with E-state index in [1.807, 2.05) is 49.5 Å². The highest BCUT2D eigenvalue weighted by atomic mass is 19.2. The summed E-state index contributed by atoms with van der Waals surface area (Å²) in [5.41, 5.74) is 5.53. The molecule has 0 bridgehead atoms. The molecule has 2 aromatic carbocycles. The van der Waals surface area contributed by atoms with Crippen LogP contribution in [0.1, 0.15) is 11.3 Å². The summed E-state index contributed by atoms with van der Waals surface area (Å²) in [5.74, 6) is -0.981. The highest BCUT2D eigenvalue weighted by Gasteiger charge is 2.16. The first kappa shape index (κ1) is 20.8. The number of hydrogen-bond acceptors (Lipinski definition) is 4. The van der Waals surface area contributed by atoms with Crippen LogP contribution in [-0.4, -0.2) is 31.0 Å². The molecule has 0 aliphatic rings. The number of imidazole rings is 1. The second kappa shape index (κ2) is 8.46. The minimum absolute atomic E-state index is 0.298. The van der Waals surface area contributed by atoms with E-state index in [0.29, 0.717) is 24.4 Å². The van der Waals surface area contributed by atoms with Crippen LogP contribution < -0.4 is 5.32 Å². The molecule has 0 fully saturated rings. The molecular formula is C25H22F2N6. The third-order valence-electron chi connectivity index (χ3n) is 5.77. The summed E-state index contributed by atoms with van der Waals surface area (Å²) in [6, 6.07) is 13.0. The zero-order valence-electron chi connectivity index (χ0n) is 18.2. The highest BCUT2D eigenvalue weighted by Crippen LogP contribution is 2.28. The van der Waals surface area contributed by atoms with Gasteiger partial charge in [0.25, 0.3) is 0 Å². The van der Waals surface area contributed by atoms with Crippen molar-refractivity contribution < 1.29 is 8.78 Å². The Morgan fingerprint density at radius 1 is 0.939 bits per heavy atom. The molecule has 6 nitrogen and oxygen atoms in total. The molecule has 166 valence electrons. The number of H-pyrrole nitrogens is 1. The number of rotatable bonds is 6. The maximum absolute atomic E-state index is 14.5. The number of fused-ring (bicyclic) bond motifs is 1. The summed E-state index contributed by atoms with van der Waals surface area (Å²) in [4.78, 5) is 15.9. The molecule has 33 heavy (non-hydrogen) atoms. The van der Waals surface area contributed by atoms with Gasteiger partial charge in [-0.3, -0.25) is 0 Å². The van der Waals surface area contributed by atoms with Gasteiger partial charge in [0.1, 0.15) is 12.1 Å². The quantitative estimate of drug-likeness (QED) is 0.363. The summed E-state index contributed by atoms with van der Waals surface area (Å²) >= 11 is 0. The van der Waals surface area contributed by atoms with Gasteiger partial charge in [-0.1, -0.05) is 24.3 Å². The highest BCUT2D eigenvalue weighted by molar-refractivity contribution is 5.85. The van der Waals surface area contributed by atoms with E-state index in [9.17, 15) is 8.78 Å². The van der Waals surface area contributed by atoms with Crippen molar-refractivity contribution in [2.24, 2.45) is 0 Å². The van der Waals surface area contributed by atoms with Gasteiger partial charge in [0, 0.05) is 47.6 Å². The van der Waals surface area contributed by atoms with E-state index < -0.39 is 11.6 Å². The van der Waals surface area contributed by atoms with Crippen molar-refractivity contribution in [1.29, 1.82) is 0 Å². The SMILES string of the molecule is Cc1cc(F)c(F)c2c1cc(C)n2CCNc1cc(-c2ccc(-c3c[nH]cn3)cc2)ncn1. The van der Waals surface area contributed by atoms with Gasteiger partial charge in [0.05, 0.1) is 23.2 Å². The summed E-state index contributed by atoms with van der Waals surface area (Å²) in [7, 11) is 0. The van der Waals surface area contributed by atoms with Crippen molar-refractivity contribution in [2.75, 3.05) is 11.9 Å². The first-order chi connectivity index (χ1) is 16.0. The predicted molar refractivity (Wildman–Crippen MR) is 125 cm³/mol. The van der Waals surface area contributed by atoms with Crippen LogP contribution in [0.15, 0.2) is 61.3 Å². The molecular weight excluding hydrogens is 422 g/mol. The number of halogens is 2. The minimum atomic E-state index is -0.828. The fourth-order valence-corrected chi connectivity index (χ4v) is 4.08. The lowest BCUT2D eigenvalue weighted by atomic mass is 10.1. The van der Waals surface area contributed by atoms with Crippen LogP contribution in [0.2, 0.25) is 0 Å². The average Bonchev–Trinajstić information content (AvgIpc) is 3.47. The third kappa shape index (κ3) is 3.95. The molecule has 0 atom stereocenters. The molecule has 0 saturated carbocycles. The van der Waals surface area contributed by atoms with Gasteiger partial charge < -0.3 is 14.9 Å². The molecule has 0 aliphatic heterocycles. The fourth-order valence-electron chi connectivity index (χ4n) is 4.08. The van der Waals surface area contributed by atoms with E-state index in [-0.39, 0.29) is 0 Å². The summed E-state index contributed by atoms with van der Waals surface area (Å²) in [5, 5.41) is 4.00. The minimum Gasteiger partial charge on any atom is -0.368 e. The molecule has 0 aliphatic carbocycles. The van der Waals surface area contributed by atoms with Crippen molar-refractivity contribution in [1.82, 2.24) is 24.5 Å². The molecule has 2 N–H and O–H groups in total. The standard InChI is InChI=1S/C25H22F2N6/c1-15-9-20(26)24(27)25-19(15)10-16(2)33(25)8-7-29-23-11-21(31-14-32-23)17-3-5-18(6-4-17)22-12-28-13-30-22/h3-6,9-14H,7-8H2,1-2H3,(H,28,30)(H,29,31,32). The normalized spacial score (nSPS) is 11.3. The van der Waals surface area contributed by atoms with Gasteiger partial charge in [0.15, 0.2) is 11.6 Å². The Morgan fingerprint density at radius 2 is 1.70 bits per heavy atom. The summed E-state index contributed by atoms with van der Waals surface area (Å²) in [6.07, 6.45) is 5.00. The van der Waals surface area contributed by atoms with Crippen molar-refractivity contribution in [2.45, 2.75) is 20.4 Å². The van der Waals surface area contributed by atoms with Crippen molar-refractivity contribution in [3.8, 4) is 22.5 Å². The topological polar surface area (TPSA) is 71.4 Å². The maximum Gasteiger partial charge on any atom is 0.183 e.